The van der Waals surface area contributed by atoms with Crippen molar-refractivity contribution in [2.24, 2.45) is 0 Å². The molecule has 1 unspecified atom stereocenters. The molecule has 0 spiro atoms. The van der Waals surface area contributed by atoms with E-state index in [0.717, 1.165) is 19.6 Å². The van der Waals surface area contributed by atoms with Gasteiger partial charge in [0, 0.05) is 46.1 Å². The van der Waals surface area contributed by atoms with Gasteiger partial charge in [-0.3, -0.25) is 0 Å². The first-order valence-electron chi connectivity index (χ1n) is 6.12. The predicted molar refractivity (Wildman–Crippen MR) is 73.6 cm³/mol. The van der Waals surface area contributed by atoms with Gasteiger partial charge < -0.3 is 15.0 Å². The molecular weight excluding hydrogens is 212 g/mol. The Morgan fingerprint density at radius 1 is 1.24 bits per heavy atom. The summed E-state index contributed by atoms with van der Waals surface area (Å²) in [6.07, 6.45) is 1.05. The summed E-state index contributed by atoms with van der Waals surface area (Å²) in [4.78, 5) is 2.11. The van der Waals surface area contributed by atoms with Crippen molar-refractivity contribution in [1.82, 2.24) is 5.32 Å². The van der Waals surface area contributed by atoms with Crippen LogP contribution in [0.15, 0.2) is 24.3 Å². The van der Waals surface area contributed by atoms with E-state index in [4.69, 9.17) is 4.74 Å². The smallest absolute Gasteiger partial charge is 0.0476 e. The van der Waals surface area contributed by atoms with Crippen LogP contribution in [0.4, 0.5) is 5.69 Å². The summed E-state index contributed by atoms with van der Waals surface area (Å²) in [5.41, 5.74) is 2.56. The standard InChI is InChI=1S/C14H24N2O/c1-12(9-10-17-4)15-11-13-5-7-14(8-6-13)16(2)3/h5-8,12,15H,9-11H2,1-4H3. The summed E-state index contributed by atoms with van der Waals surface area (Å²) in [6.45, 7) is 3.92. The molecule has 1 atom stereocenters. The van der Waals surface area contributed by atoms with Crippen LogP contribution in [0, 0.1) is 0 Å². The van der Waals surface area contributed by atoms with E-state index in [9.17, 15) is 0 Å². The van der Waals surface area contributed by atoms with Crippen LogP contribution in [0.2, 0.25) is 0 Å². The summed E-state index contributed by atoms with van der Waals surface area (Å²) in [5.74, 6) is 0. The molecule has 1 aromatic rings. The lowest BCUT2D eigenvalue weighted by molar-refractivity contribution is 0.184. The Labute approximate surface area is 105 Å². The van der Waals surface area contributed by atoms with E-state index in [1.807, 2.05) is 0 Å². The van der Waals surface area contributed by atoms with Gasteiger partial charge in [-0.2, -0.15) is 0 Å². The molecule has 0 aliphatic rings. The molecule has 1 aromatic carbocycles. The number of hydrogen-bond acceptors (Lipinski definition) is 3. The fourth-order valence-electron chi connectivity index (χ4n) is 1.60. The fourth-order valence-corrected chi connectivity index (χ4v) is 1.60. The lowest BCUT2D eigenvalue weighted by atomic mass is 10.1. The molecule has 3 heteroatoms. The molecule has 1 N–H and O–H groups in total. The van der Waals surface area contributed by atoms with E-state index < -0.39 is 0 Å². The molecule has 0 radical (unpaired) electrons. The first-order valence-corrected chi connectivity index (χ1v) is 6.12. The number of ether oxygens (including phenoxy) is 1. The molecular formula is C14H24N2O. The molecule has 3 nitrogen and oxygen atoms in total. The maximum Gasteiger partial charge on any atom is 0.0476 e. The average molecular weight is 236 g/mol. The summed E-state index contributed by atoms with van der Waals surface area (Å²) in [5, 5.41) is 3.49. The molecule has 0 saturated carbocycles. The van der Waals surface area contributed by atoms with Gasteiger partial charge in [-0.15, -0.1) is 0 Å². The van der Waals surface area contributed by atoms with Gasteiger partial charge in [0.15, 0.2) is 0 Å². The number of benzene rings is 1. The zero-order valence-corrected chi connectivity index (χ0v) is 11.4. The maximum absolute atomic E-state index is 5.06. The van der Waals surface area contributed by atoms with Crippen LogP contribution in [0.25, 0.3) is 0 Å². The number of rotatable bonds is 7. The Morgan fingerprint density at radius 3 is 2.41 bits per heavy atom. The van der Waals surface area contributed by atoms with Gasteiger partial charge in [-0.1, -0.05) is 12.1 Å². The van der Waals surface area contributed by atoms with Gasteiger partial charge in [0.05, 0.1) is 0 Å². The molecule has 17 heavy (non-hydrogen) atoms. The topological polar surface area (TPSA) is 24.5 Å². The summed E-state index contributed by atoms with van der Waals surface area (Å²) < 4.78 is 5.06. The van der Waals surface area contributed by atoms with Crippen LogP contribution in [0.5, 0.6) is 0 Å². The number of nitrogens with zero attached hydrogens (tertiary/aromatic N) is 1. The number of methoxy groups -OCH3 is 1. The van der Waals surface area contributed by atoms with Crippen molar-refractivity contribution in [3.05, 3.63) is 29.8 Å². The Hall–Kier alpha value is -1.06. The third-order valence-corrected chi connectivity index (χ3v) is 2.86. The normalized spacial score (nSPS) is 12.5. The highest BCUT2D eigenvalue weighted by molar-refractivity contribution is 5.45. The summed E-state index contributed by atoms with van der Waals surface area (Å²) >= 11 is 0. The van der Waals surface area contributed by atoms with E-state index in [1.54, 1.807) is 7.11 Å². The molecule has 0 heterocycles. The van der Waals surface area contributed by atoms with Crippen molar-refractivity contribution in [2.45, 2.75) is 25.9 Å². The third kappa shape index (κ3) is 5.20. The van der Waals surface area contributed by atoms with Crippen molar-refractivity contribution in [3.8, 4) is 0 Å². The first-order chi connectivity index (χ1) is 8.13. The molecule has 0 fully saturated rings. The van der Waals surface area contributed by atoms with Crippen molar-refractivity contribution >= 4 is 5.69 Å². The van der Waals surface area contributed by atoms with Crippen molar-refractivity contribution in [2.75, 3.05) is 32.7 Å². The lowest BCUT2D eigenvalue weighted by Crippen LogP contribution is -2.26. The minimum Gasteiger partial charge on any atom is -0.385 e. The molecule has 0 aliphatic heterocycles. The van der Waals surface area contributed by atoms with E-state index >= 15 is 0 Å². The van der Waals surface area contributed by atoms with E-state index in [-0.39, 0.29) is 0 Å². The lowest BCUT2D eigenvalue weighted by Gasteiger charge is -2.15. The zero-order valence-electron chi connectivity index (χ0n) is 11.4. The zero-order chi connectivity index (χ0) is 12.7. The Bertz CT molecular complexity index is 309. The second kappa shape index (κ2) is 7.30. The van der Waals surface area contributed by atoms with E-state index in [0.29, 0.717) is 6.04 Å². The van der Waals surface area contributed by atoms with Crippen LogP contribution >= 0.6 is 0 Å². The van der Waals surface area contributed by atoms with Gasteiger partial charge in [-0.25, -0.2) is 0 Å². The highest BCUT2D eigenvalue weighted by Crippen LogP contribution is 2.12. The monoisotopic (exact) mass is 236 g/mol. The minimum absolute atomic E-state index is 0.489. The van der Waals surface area contributed by atoms with Crippen LogP contribution in [0.3, 0.4) is 0 Å². The van der Waals surface area contributed by atoms with Gasteiger partial charge in [0.2, 0.25) is 0 Å². The van der Waals surface area contributed by atoms with E-state index in [2.05, 4.69) is 55.5 Å². The fraction of sp³-hybridized carbons (Fsp3) is 0.571. The Morgan fingerprint density at radius 2 is 1.88 bits per heavy atom. The van der Waals surface area contributed by atoms with Gasteiger partial charge in [-0.05, 0) is 31.0 Å². The Balaban J connectivity index is 2.36. The number of anilines is 1. The van der Waals surface area contributed by atoms with Crippen LogP contribution in [-0.4, -0.2) is 33.9 Å². The van der Waals surface area contributed by atoms with Crippen molar-refractivity contribution in [1.29, 1.82) is 0 Å². The highest BCUT2D eigenvalue weighted by Gasteiger charge is 2.01. The maximum atomic E-state index is 5.06. The van der Waals surface area contributed by atoms with Crippen molar-refractivity contribution < 1.29 is 4.74 Å². The molecule has 0 aromatic heterocycles. The predicted octanol–water partition coefficient (Wildman–Crippen LogP) is 2.27. The minimum atomic E-state index is 0.489. The first kappa shape index (κ1) is 14.0. The van der Waals surface area contributed by atoms with Crippen LogP contribution < -0.4 is 10.2 Å². The van der Waals surface area contributed by atoms with Gasteiger partial charge in [0.25, 0.3) is 0 Å². The number of hydrogen-bond donors (Lipinski definition) is 1. The molecule has 0 aliphatic carbocycles. The molecule has 0 bridgehead atoms. The summed E-state index contributed by atoms with van der Waals surface area (Å²) in [7, 11) is 5.85. The quantitative estimate of drug-likeness (QED) is 0.786. The SMILES string of the molecule is COCCC(C)NCc1ccc(N(C)C)cc1. The van der Waals surface area contributed by atoms with Crippen LogP contribution in [0.1, 0.15) is 18.9 Å². The largest absolute Gasteiger partial charge is 0.385 e. The van der Waals surface area contributed by atoms with Crippen LogP contribution in [-0.2, 0) is 11.3 Å². The van der Waals surface area contributed by atoms with E-state index in [1.165, 1.54) is 11.3 Å². The third-order valence-electron chi connectivity index (χ3n) is 2.86. The molecule has 96 valence electrons. The molecule has 1 rings (SSSR count). The average Bonchev–Trinajstić information content (AvgIpc) is 2.34. The van der Waals surface area contributed by atoms with Gasteiger partial charge in [0.1, 0.15) is 0 Å². The Kier molecular flexibility index (Phi) is 6.01. The number of nitrogens with one attached hydrogen (secondary N) is 1. The molecule has 0 saturated heterocycles. The van der Waals surface area contributed by atoms with Crippen molar-refractivity contribution in [3.63, 3.8) is 0 Å². The second-order valence-corrected chi connectivity index (χ2v) is 4.62. The summed E-state index contributed by atoms with van der Waals surface area (Å²) in [6, 6.07) is 9.13. The van der Waals surface area contributed by atoms with Gasteiger partial charge >= 0.3 is 0 Å². The molecule has 0 amide bonds. The highest BCUT2D eigenvalue weighted by atomic mass is 16.5. The second-order valence-electron chi connectivity index (χ2n) is 4.62.